The normalized spacial score (nSPS) is 23.5. The second kappa shape index (κ2) is 6.72. The Morgan fingerprint density at radius 2 is 2.15 bits per heavy atom. The second-order valence-corrected chi connectivity index (χ2v) is 5.45. The number of amides is 1. The summed E-state index contributed by atoms with van der Waals surface area (Å²) in [5, 5.41) is 2.88. The summed E-state index contributed by atoms with van der Waals surface area (Å²) in [6, 6.07) is 7.17. The Labute approximate surface area is 120 Å². The first-order chi connectivity index (χ1) is 9.58. The third kappa shape index (κ3) is 3.95. The van der Waals surface area contributed by atoms with Gasteiger partial charge in [-0.1, -0.05) is 6.92 Å². The van der Waals surface area contributed by atoms with Crippen LogP contribution < -0.4 is 11.1 Å². The number of nitrogens with two attached hydrogens (primary N) is 1. The molecule has 1 fully saturated rings. The zero-order valence-electron chi connectivity index (χ0n) is 12.1. The van der Waals surface area contributed by atoms with Crippen molar-refractivity contribution < 1.29 is 9.53 Å². The molecule has 1 aromatic carbocycles. The molecule has 0 aromatic heterocycles. The van der Waals surface area contributed by atoms with E-state index in [-0.39, 0.29) is 12.0 Å². The number of benzene rings is 1. The maximum atomic E-state index is 12.0. The highest BCUT2D eigenvalue weighted by molar-refractivity contribution is 5.92. The van der Waals surface area contributed by atoms with E-state index in [0.717, 1.165) is 25.2 Å². The lowest BCUT2D eigenvalue weighted by atomic mass is 9.96. The summed E-state index contributed by atoms with van der Waals surface area (Å²) in [5.74, 6) is 0.551. The van der Waals surface area contributed by atoms with Crippen molar-refractivity contribution in [2.75, 3.05) is 37.8 Å². The monoisotopic (exact) mass is 277 g/mol. The smallest absolute Gasteiger partial charge is 0.238 e. The third-order valence-corrected chi connectivity index (χ3v) is 3.84. The minimum Gasteiger partial charge on any atom is -0.399 e. The van der Waals surface area contributed by atoms with Gasteiger partial charge in [-0.2, -0.15) is 0 Å². The Morgan fingerprint density at radius 3 is 2.80 bits per heavy atom. The van der Waals surface area contributed by atoms with Gasteiger partial charge < -0.3 is 15.8 Å². The highest BCUT2D eigenvalue weighted by Crippen LogP contribution is 2.19. The van der Waals surface area contributed by atoms with Crippen molar-refractivity contribution in [3.05, 3.63) is 24.3 Å². The van der Waals surface area contributed by atoms with Crippen molar-refractivity contribution in [2.45, 2.75) is 19.4 Å². The molecule has 3 N–H and O–H groups in total. The first kappa shape index (κ1) is 14.8. The molecule has 5 heteroatoms. The lowest BCUT2D eigenvalue weighted by Crippen LogP contribution is -2.46. The molecule has 2 unspecified atom stereocenters. The highest BCUT2D eigenvalue weighted by Gasteiger charge is 2.26. The first-order valence-electron chi connectivity index (χ1n) is 6.99. The minimum atomic E-state index is -0.000762. The summed E-state index contributed by atoms with van der Waals surface area (Å²) in [6.07, 6.45) is 1.28. The molecule has 5 nitrogen and oxygen atoms in total. The molecule has 1 heterocycles. The number of rotatable bonds is 4. The second-order valence-electron chi connectivity index (χ2n) is 5.45. The topological polar surface area (TPSA) is 67.6 Å². The number of piperidine rings is 1. The molecule has 1 aliphatic heterocycles. The highest BCUT2D eigenvalue weighted by atomic mass is 16.5. The maximum Gasteiger partial charge on any atom is 0.238 e. The summed E-state index contributed by atoms with van der Waals surface area (Å²) < 4.78 is 5.46. The molecule has 1 amide bonds. The first-order valence-corrected chi connectivity index (χ1v) is 6.99. The van der Waals surface area contributed by atoms with Crippen molar-refractivity contribution in [3.8, 4) is 0 Å². The number of hydrogen-bond acceptors (Lipinski definition) is 4. The number of likely N-dealkylation sites (tertiary alicyclic amines) is 1. The van der Waals surface area contributed by atoms with Crippen LogP contribution in [0.4, 0.5) is 11.4 Å². The molecule has 0 radical (unpaired) electrons. The van der Waals surface area contributed by atoms with Crippen LogP contribution in [-0.4, -0.2) is 43.7 Å². The maximum absolute atomic E-state index is 12.0. The molecule has 110 valence electrons. The van der Waals surface area contributed by atoms with Crippen LogP contribution in [0, 0.1) is 5.92 Å². The number of carbonyl (C=O) groups excluding carboxylic acids is 1. The van der Waals surface area contributed by atoms with Gasteiger partial charge in [0.2, 0.25) is 5.91 Å². The van der Waals surface area contributed by atoms with Crippen LogP contribution in [0.1, 0.15) is 13.3 Å². The molecule has 20 heavy (non-hydrogen) atoms. The van der Waals surface area contributed by atoms with Crippen LogP contribution in [0.5, 0.6) is 0 Å². The molecule has 1 aromatic rings. The Balaban J connectivity index is 1.84. The molecule has 2 rings (SSSR count). The molecule has 2 atom stereocenters. The van der Waals surface area contributed by atoms with Gasteiger partial charge in [-0.3, -0.25) is 9.69 Å². The van der Waals surface area contributed by atoms with Gasteiger partial charge in [0.05, 0.1) is 12.6 Å². The van der Waals surface area contributed by atoms with Gasteiger partial charge in [-0.05, 0) is 43.1 Å². The van der Waals surface area contributed by atoms with Crippen LogP contribution >= 0.6 is 0 Å². The summed E-state index contributed by atoms with van der Waals surface area (Å²) in [4.78, 5) is 14.2. The largest absolute Gasteiger partial charge is 0.399 e. The molecule has 1 saturated heterocycles. The van der Waals surface area contributed by atoms with Crippen molar-refractivity contribution >= 4 is 17.3 Å². The number of nitrogens with one attached hydrogen (secondary N) is 1. The van der Waals surface area contributed by atoms with Crippen molar-refractivity contribution in [1.29, 1.82) is 0 Å². The average Bonchev–Trinajstić information content (AvgIpc) is 2.43. The van der Waals surface area contributed by atoms with Gasteiger partial charge in [0.25, 0.3) is 0 Å². The standard InChI is InChI=1S/C15H23N3O2/c1-11-7-8-18(9-14(11)20-2)10-15(19)17-13-5-3-12(16)4-6-13/h3-6,11,14H,7-10,16H2,1-2H3,(H,17,19). The predicted molar refractivity (Wildman–Crippen MR) is 80.5 cm³/mol. The van der Waals surface area contributed by atoms with Gasteiger partial charge in [0, 0.05) is 25.0 Å². The molecule has 0 saturated carbocycles. The molecule has 0 spiro atoms. The lowest BCUT2D eigenvalue weighted by Gasteiger charge is -2.35. The Kier molecular flexibility index (Phi) is 4.98. The summed E-state index contributed by atoms with van der Waals surface area (Å²) in [7, 11) is 1.74. The molecular formula is C15H23N3O2. The Hall–Kier alpha value is -1.59. The van der Waals surface area contributed by atoms with Gasteiger partial charge in [-0.25, -0.2) is 0 Å². The molecule has 0 bridgehead atoms. The van der Waals surface area contributed by atoms with E-state index in [1.165, 1.54) is 0 Å². The van der Waals surface area contributed by atoms with Crippen molar-refractivity contribution in [1.82, 2.24) is 4.90 Å². The van der Waals surface area contributed by atoms with Crippen LogP contribution in [-0.2, 0) is 9.53 Å². The molecule has 1 aliphatic rings. The summed E-state index contributed by atoms with van der Waals surface area (Å²) in [6.45, 7) is 4.35. The zero-order chi connectivity index (χ0) is 14.5. The van der Waals surface area contributed by atoms with E-state index in [1.54, 1.807) is 19.2 Å². The van der Waals surface area contributed by atoms with Gasteiger partial charge in [0.1, 0.15) is 0 Å². The fraction of sp³-hybridized carbons (Fsp3) is 0.533. The van der Waals surface area contributed by atoms with Gasteiger partial charge in [-0.15, -0.1) is 0 Å². The van der Waals surface area contributed by atoms with Crippen molar-refractivity contribution in [2.24, 2.45) is 5.92 Å². The SMILES string of the molecule is COC1CN(CC(=O)Nc2ccc(N)cc2)CCC1C. The van der Waals surface area contributed by atoms with Crippen molar-refractivity contribution in [3.63, 3.8) is 0 Å². The zero-order valence-corrected chi connectivity index (χ0v) is 12.1. The fourth-order valence-electron chi connectivity index (χ4n) is 2.52. The Bertz CT molecular complexity index is 447. The number of carbonyl (C=O) groups is 1. The van der Waals surface area contributed by atoms with E-state index in [9.17, 15) is 4.79 Å². The number of nitrogens with zero attached hydrogens (tertiary/aromatic N) is 1. The minimum absolute atomic E-state index is 0.000762. The van der Waals surface area contributed by atoms with E-state index in [1.807, 2.05) is 12.1 Å². The van der Waals surface area contributed by atoms with Crippen LogP contribution in [0.25, 0.3) is 0 Å². The van der Waals surface area contributed by atoms with E-state index < -0.39 is 0 Å². The Morgan fingerprint density at radius 1 is 1.45 bits per heavy atom. The average molecular weight is 277 g/mol. The summed E-state index contributed by atoms with van der Waals surface area (Å²) in [5.41, 5.74) is 7.08. The molecular weight excluding hydrogens is 254 g/mol. The third-order valence-electron chi connectivity index (χ3n) is 3.84. The quantitative estimate of drug-likeness (QED) is 0.820. The predicted octanol–water partition coefficient (Wildman–Crippen LogP) is 1.56. The summed E-state index contributed by atoms with van der Waals surface area (Å²) >= 11 is 0. The van der Waals surface area contributed by atoms with E-state index in [0.29, 0.717) is 18.2 Å². The van der Waals surface area contributed by atoms with Crippen LogP contribution in [0.3, 0.4) is 0 Å². The van der Waals surface area contributed by atoms with E-state index in [2.05, 4.69) is 17.1 Å². The number of methoxy groups -OCH3 is 1. The fourth-order valence-corrected chi connectivity index (χ4v) is 2.52. The number of nitrogen functional groups attached to an aromatic ring is 1. The van der Waals surface area contributed by atoms with Gasteiger partial charge in [0.15, 0.2) is 0 Å². The number of ether oxygens (including phenoxy) is 1. The van der Waals surface area contributed by atoms with Crippen LogP contribution in [0.15, 0.2) is 24.3 Å². The van der Waals surface area contributed by atoms with E-state index >= 15 is 0 Å². The van der Waals surface area contributed by atoms with Gasteiger partial charge >= 0.3 is 0 Å². The van der Waals surface area contributed by atoms with Crippen LogP contribution in [0.2, 0.25) is 0 Å². The van der Waals surface area contributed by atoms with E-state index in [4.69, 9.17) is 10.5 Å². The lowest BCUT2D eigenvalue weighted by molar-refractivity contribution is -0.118. The molecule has 0 aliphatic carbocycles. The number of hydrogen-bond donors (Lipinski definition) is 2. The number of anilines is 2.